The van der Waals surface area contributed by atoms with Gasteiger partial charge in [0, 0.05) is 51.4 Å². The molecule has 2 heterocycles. The summed E-state index contributed by atoms with van der Waals surface area (Å²) in [6.07, 6.45) is 2.69. The van der Waals surface area contributed by atoms with Crippen LogP contribution in [0.25, 0.3) is 0 Å². The zero-order valence-corrected chi connectivity index (χ0v) is 15.8. The van der Waals surface area contributed by atoms with E-state index in [1.54, 1.807) is 6.33 Å². The Morgan fingerprint density at radius 3 is 2.58 bits per heavy atom. The number of aryl methyl sites for hydroxylation is 1. The number of aliphatic imine (C=N–C) groups is 1. The molecule has 2 aromatic rings. The molecule has 1 N–H and O–H groups in total. The summed E-state index contributed by atoms with van der Waals surface area (Å²) in [6, 6.07) is 10.6. The molecule has 1 aliphatic rings. The van der Waals surface area contributed by atoms with Gasteiger partial charge in [-0.2, -0.15) is 0 Å². The van der Waals surface area contributed by atoms with E-state index in [1.165, 1.54) is 5.69 Å². The molecule has 3 rings (SSSR count). The normalized spacial score (nSPS) is 15.4. The number of nitrogens with zero attached hydrogens (tertiary/aromatic N) is 6. The SMILES string of the molecule is CCNC(=NCCn1cnnc1CC)N1CCN(c2ccccc2)CC1. The highest BCUT2D eigenvalue weighted by Crippen LogP contribution is 2.15. The van der Waals surface area contributed by atoms with Crippen molar-refractivity contribution in [2.45, 2.75) is 26.8 Å². The van der Waals surface area contributed by atoms with Crippen molar-refractivity contribution < 1.29 is 0 Å². The average Bonchev–Trinajstić information content (AvgIpc) is 3.16. The van der Waals surface area contributed by atoms with Crippen LogP contribution in [0, 0.1) is 0 Å². The summed E-state index contributed by atoms with van der Waals surface area (Å²) >= 11 is 0. The summed E-state index contributed by atoms with van der Waals surface area (Å²) < 4.78 is 2.08. The van der Waals surface area contributed by atoms with Crippen LogP contribution >= 0.6 is 0 Å². The third kappa shape index (κ3) is 4.53. The summed E-state index contributed by atoms with van der Waals surface area (Å²) in [5, 5.41) is 11.5. The largest absolute Gasteiger partial charge is 0.368 e. The number of hydrogen-bond donors (Lipinski definition) is 1. The summed E-state index contributed by atoms with van der Waals surface area (Å²) in [6.45, 7) is 10.6. The maximum Gasteiger partial charge on any atom is 0.194 e. The van der Waals surface area contributed by atoms with Crippen molar-refractivity contribution in [3.05, 3.63) is 42.5 Å². The molecule has 0 unspecified atom stereocenters. The molecule has 0 amide bonds. The van der Waals surface area contributed by atoms with E-state index in [-0.39, 0.29) is 0 Å². The predicted octanol–water partition coefficient (Wildman–Crippen LogP) is 1.63. The first-order chi connectivity index (χ1) is 12.8. The number of hydrogen-bond acceptors (Lipinski definition) is 4. The van der Waals surface area contributed by atoms with Gasteiger partial charge in [-0.05, 0) is 19.1 Å². The van der Waals surface area contributed by atoms with Crippen LogP contribution in [0.1, 0.15) is 19.7 Å². The van der Waals surface area contributed by atoms with E-state index >= 15 is 0 Å². The van der Waals surface area contributed by atoms with Crippen molar-refractivity contribution in [3.8, 4) is 0 Å². The van der Waals surface area contributed by atoms with Crippen LogP contribution in [0.2, 0.25) is 0 Å². The minimum Gasteiger partial charge on any atom is -0.368 e. The Kier molecular flexibility index (Phi) is 6.46. The van der Waals surface area contributed by atoms with E-state index in [9.17, 15) is 0 Å². The highest BCUT2D eigenvalue weighted by atomic mass is 15.3. The lowest BCUT2D eigenvalue weighted by atomic mass is 10.2. The number of piperazine rings is 1. The number of para-hydroxylation sites is 1. The van der Waals surface area contributed by atoms with Crippen molar-refractivity contribution in [3.63, 3.8) is 0 Å². The van der Waals surface area contributed by atoms with E-state index in [4.69, 9.17) is 4.99 Å². The van der Waals surface area contributed by atoms with Gasteiger partial charge in [-0.15, -0.1) is 10.2 Å². The van der Waals surface area contributed by atoms with Crippen molar-refractivity contribution in [1.29, 1.82) is 0 Å². The van der Waals surface area contributed by atoms with Crippen LogP contribution in [0.15, 0.2) is 41.7 Å². The van der Waals surface area contributed by atoms with Gasteiger partial charge in [0.05, 0.1) is 6.54 Å². The molecule has 26 heavy (non-hydrogen) atoms. The zero-order valence-electron chi connectivity index (χ0n) is 15.8. The molecule has 0 aliphatic carbocycles. The molecule has 0 atom stereocenters. The van der Waals surface area contributed by atoms with E-state index < -0.39 is 0 Å². The molecule has 1 saturated heterocycles. The molecule has 0 bridgehead atoms. The van der Waals surface area contributed by atoms with Crippen LogP contribution in [-0.4, -0.2) is 64.9 Å². The smallest absolute Gasteiger partial charge is 0.194 e. The Morgan fingerprint density at radius 1 is 1.12 bits per heavy atom. The van der Waals surface area contributed by atoms with Crippen LogP contribution in [-0.2, 0) is 13.0 Å². The lowest BCUT2D eigenvalue weighted by Gasteiger charge is -2.37. The first-order valence-corrected chi connectivity index (χ1v) is 9.51. The first-order valence-electron chi connectivity index (χ1n) is 9.51. The molecular weight excluding hydrogens is 326 g/mol. The number of anilines is 1. The molecule has 1 fully saturated rings. The van der Waals surface area contributed by atoms with Gasteiger partial charge in [0.15, 0.2) is 5.96 Å². The monoisotopic (exact) mass is 355 g/mol. The Labute approximate surface area is 155 Å². The van der Waals surface area contributed by atoms with Crippen LogP contribution in [0.3, 0.4) is 0 Å². The fourth-order valence-electron chi connectivity index (χ4n) is 3.24. The first kappa shape index (κ1) is 18.2. The fraction of sp³-hybridized carbons (Fsp3) is 0.526. The van der Waals surface area contributed by atoms with Gasteiger partial charge < -0.3 is 19.7 Å². The lowest BCUT2D eigenvalue weighted by molar-refractivity contribution is 0.372. The number of benzene rings is 1. The predicted molar refractivity (Wildman–Crippen MR) is 106 cm³/mol. The summed E-state index contributed by atoms with van der Waals surface area (Å²) in [7, 11) is 0. The number of aromatic nitrogens is 3. The van der Waals surface area contributed by atoms with Gasteiger partial charge in [0.1, 0.15) is 12.2 Å². The van der Waals surface area contributed by atoms with Crippen molar-refractivity contribution >= 4 is 11.6 Å². The number of rotatable bonds is 6. The summed E-state index contributed by atoms with van der Waals surface area (Å²) in [5.41, 5.74) is 1.30. The molecule has 1 aliphatic heterocycles. The minimum atomic E-state index is 0.728. The molecular formula is C19H29N7. The second-order valence-electron chi connectivity index (χ2n) is 6.34. The van der Waals surface area contributed by atoms with E-state index in [0.29, 0.717) is 0 Å². The average molecular weight is 355 g/mol. The highest BCUT2D eigenvalue weighted by molar-refractivity contribution is 5.80. The molecule has 7 heteroatoms. The van der Waals surface area contributed by atoms with Gasteiger partial charge in [0.2, 0.25) is 0 Å². The van der Waals surface area contributed by atoms with Gasteiger partial charge in [-0.25, -0.2) is 0 Å². The van der Waals surface area contributed by atoms with Gasteiger partial charge in [0.25, 0.3) is 0 Å². The molecule has 1 aromatic heterocycles. The van der Waals surface area contributed by atoms with E-state index in [2.05, 4.69) is 74.1 Å². The Hall–Kier alpha value is -2.57. The summed E-state index contributed by atoms with van der Waals surface area (Å²) in [4.78, 5) is 9.61. The fourth-order valence-corrected chi connectivity index (χ4v) is 3.24. The number of nitrogens with one attached hydrogen (secondary N) is 1. The van der Waals surface area contributed by atoms with E-state index in [0.717, 1.165) is 64.0 Å². The minimum absolute atomic E-state index is 0.728. The van der Waals surface area contributed by atoms with Gasteiger partial charge in [-0.3, -0.25) is 4.99 Å². The maximum absolute atomic E-state index is 4.82. The van der Waals surface area contributed by atoms with Gasteiger partial charge in [-0.1, -0.05) is 25.1 Å². The molecule has 7 nitrogen and oxygen atoms in total. The zero-order chi connectivity index (χ0) is 18.2. The summed E-state index contributed by atoms with van der Waals surface area (Å²) in [5.74, 6) is 2.02. The van der Waals surface area contributed by atoms with Crippen LogP contribution in [0.5, 0.6) is 0 Å². The molecule has 0 saturated carbocycles. The highest BCUT2D eigenvalue weighted by Gasteiger charge is 2.19. The molecule has 140 valence electrons. The van der Waals surface area contributed by atoms with Crippen molar-refractivity contribution in [1.82, 2.24) is 25.0 Å². The van der Waals surface area contributed by atoms with Gasteiger partial charge >= 0.3 is 0 Å². The Bertz CT molecular complexity index is 687. The Balaban J connectivity index is 1.56. The molecule has 1 aromatic carbocycles. The van der Waals surface area contributed by atoms with Crippen LogP contribution < -0.4 is 10.2 Å². The van der Waals surface area contributed by atoms with Crippen molar-refractivity contribution in [2.75, 3.05) is 44.2 Å². The quantitative estimate of drug-likeness (QED) is 0.630. The number of guanidine groups is 1. The molecule has 0 spiro atoms. The lowest BCUT2D eigenvalue weighted by Crippen LogP contribution is -2.52. The molecule has 0 radical (unpaired) electrons. The van der Waals surface area contributed by atoms with E-state index in [1.807, 2.05) is 0 Å². The van der Waals surface area contributed by atoms with Crippen molar-refractivity contribution in [2.24, 2.45) is 4.99 Å². The topological polar surface area (TPSA) is 61.6 Å². The Morgan fingerprint density at radius 2 is 1.88 bits per heavy atom. The maximum atomic E-state index is 4.82. The van der Waals surface area contributed by atoms with Crippen LogP contribution in [0.4, 0.5) is 5.69 Å². The third-order valence-electron chi connectivity index (χ3n) is 4.65. The second-order valence-corrected chi connectivity index (χ2v) is 6.34. The standard InChI is InChI=1S/C19H29N7/c1-3-18-23-22-16-26(18)11-10-21-19(20-4-2)25-14-12-24(13-15-25)17-8-6-5-7-9-17/h5-9,16H,3-4,10-15H2,1-2H3,(H,20,21). The second kappa shape index (κ2) is 9.22. The third-order valence-corrected chi connectivity index (χ3v) is 4.65.